The predicted molar refractivity (Wildman–Crippen MR) is 344 cm³/mol. The van der Waals surface area contributed by atoms with Crippen LogP contribution in [0.5, 0.6) is 5.75 Å². The maximum absolute atomic E-state index is 5.95. The van der Waals surface area contributed by atoms with Crippen LogP contribution in [-0.2, 0) is 64.2 Å². The van der Waals surface area contributed by atoms with Crippen molar-refractivity contribution >= 4 is 23.2 Å². The quantitative estimate of drug-likeness (QED) is 0.155. The second kappa shape index (κ2) is 30.1. The molecule has 6 aromatic carbocycles. The second-order valence-electron chi connectivity index (χ2n) is 26.6. The van der Waals surface area contributed by atoms with Gasteiger partial charge in [0.25, 0.3) is 0 Å². The predicted octanol–water partition coefficient (Wildman–Crippen LogP) is 21.5. The second-order valence-corrected chi connectivity index (χ2v) is 27.5. The van der Waals surface area contributed by atoms with E-state index in [0.29, 0.717) is 0 Å². The molecular formula is C76H102Cl2O. The van der Waals surface area contributed by atoms with Gasteiger partial charge in [0.2, 0.25) is 0 Å². The first-order chi connectivity index (χ1) is 37.9. The fourth-order valence-electron chi connectivity index (χ4n) is 13.7. The minimum absolute atomic E-state index is 0.752. The lowest BCUT2D eigenvalue weighted by molar-refractivity contribution is 0.341. The minimum atomic E-state index is 0.752. The Labute approximate surface area is 492 Å². The molecule has 0 amide bonds. The fourth-order valence-corrected chi connectivity index (χ4v) is 14.1. The third-order valence-electron chi connectivity index (χ3n) is 19.3. The van der Waals surface area contributed by atoms with Crippen LogP contribution >= 0.6 is 23.2 Å². The van der Waals surface area contributed by atoms with E-state index in [2.05, 4.69) is 198 Å². The monoisotopic (exact) mass is 1100 g/mol. The van der Waals surface area contributed by atoms with Crippen molar-refractivity contribution < 1.29 is 4.74 Å². The van der Waals surface area contributed by atoms with Crippen LogP contribution in [0.2, 0.25) is 10.0 Å². The van der Waals surface area contributed by atoms with Crippen LogP contribution in [0.4, 0.5) is 0 Å². The number of fused-ring (bicyclic) bond motifs is 6. The van der Waals surface area contributed by atoms with Crippen molar-refractivity contribution in [3.63, 3.8) is 0 Å². The highest BCUT2D eigenvalue weighted by molar-refractivity contribution is 6.31. The van der Waals surface area contributed by atoms with E-state index in [-0.39, 0.29) is 0 Å². The van der Waals surface area contributed by atoms with Gasteiger partial charge in [-0.25, -0.2) is 0 Å². The van der Waals surface area contributed by atoms with Crippen LogP contribution in [0.1, 0.15) is 194 Å². The zero-order valence-electron chi connectivity index (χ0n) is 51.3. The van der Waals surface area contributed by atoms with Crippen LogP contribution < -0.4 is 4.74 Å². The highest BCUT2D eigenvalue weighted by atomic mass is 35.5. The molecule has 79 heavy (non-hydrogen) atoms. The van der Waals surface area contributed by atoms with Crippen LogP contribution in [0.15, 0.2) is 127 Å². The molecular weight excluding hydrogens is 1000 g/mol. The van der Waals surface area contributed by atoms with Crippen LogP contribution in [0, 0.1) is 59.2 Å². The summed E-state index contributed by atoms with van der Waals surface area (Å²) in [6.07, 6.45) is 19.4. The van der Waals surface area contributed by atoms with E-state index in [1.165, 1.54) is 130 Å². The molecule has 0 heterocycles. The van der Waals surface area contributed by atoms with Gasteiger partial charge < -0.3 is 4.74 Å². The molecule has 0 saturated carbocycles. The zero-order chi connectivity index (χ0) is 56.8. The number of hydrogen-bond acceptors (Lipinski definition) is 1. The van der Waals surface area contributed by atoms with E-state index >= 15 is 0 Å². The Morgan fingerprint density at radius 2 is 0.722 bits per heavy atom. The highest BCUT2D eigenvalue weighted by Gasteiger charge is 2.27. The lowest BCUT2D eigenvalue weighted by Gasteiger charge is -2.28. The average molecular weight is 1100 g/mol. The lowest BCUT2D eigenvalue weighted by Crippen LogP contribution is -2.18. The summed E-state index contributed by atoms with van der Waals surface area (Å²) in [5, 5.41) is 1.76. The molecule has 5 atom stereocenters. The Bertz CT molecular complexity index is 2790. The van der Waals surface area contributed by atoms with E-state index < -0.39 is 0 Å². The van der Waals surface area contributed by atoms with Gasteiger partial charge in [-0.15, -0.1) is 0 Å². The molecule has 0 N–H and O–H groups in total. The molecule has 1 nitrogen and oxygen atoms in total. The molecule has 0 aliphatic heterocycles. The summed E-state index contributed by atoms with van der Waals surface area (Å²) in [6.45, 7) is 27.9. The minimum Gasteiger partial charge on any atom is -0.497 e. The first-order valence-electron chi connectivity index (χ1n) is 31.3. The smallest absolute Gasteiger partial charge is 0.119 e. The molecule has 0 aromatic heterocycles. The molecule has 6 aromatic rings. The van der Waals surface area contributed by atoms with E-state index in [9.17, 15) is 0 Å². The Morgan fingerprint density at radius 1 is 0.329 bits per heavy atom. The van der Waals surface area contributed by atoms with Crippen molar-refractivity contribution in [1.82, 2.24) is 0 Å². The van der Waals surface area contributed by atoms with E-state index in [1.54, 1.807) is 40.5 Å². The average Bonchev–Trinajstić information content (AvgIpc) is 4.22. The number of halogens is 2. The first kappa shape index (κ1) is 62.3. The van der Waals surface area contributed by atoms with Gasteiger partial charge in [0.15, 0.2) is 0 Å². The summed E-state index contributed by atoms with van der Waals surface area (Å²) in [5.74, 6) is 10.9. The summed E-state index contributed by atoms with van der Waals surface area (Å²) in [4.78, 5) is 0. The van der Waals surface area contributed by atoms with Crippen molar-refractivity contribution in [2.24, 2.45) is 59.2 Å². The van der Waals surface area contributed by atoms with Crippen molar-refractivity contribution in [3.8, 4) is 5.75 Å². The Kier molecular flexibility index (Phi) is 23.8. The van der Waals surface area contributed by atoms with E-state index in [0.717, 1.165) is 86.8 Å². The Hall–Kier alpha value is -4.30. The molecule has 5 unspecified atom stereocenters. The number of hydrogen-bond donors (Lipinski definition) is 0. The Balaban J connectivity index is 0.000000137. The number of benzene rings is 6. The van der Waals surface area contributed by atoms with Crippen molar-refractivity contribution in [1.29, 1.82) is 0 Å². The van der Waals surface area contributed by atoms with Crippen molar-refractivity contribution in [3.05, 3.63) is 204 Å². The molecule has 0 fully saturated rings. The van der Waals surface area contributed by atoms with Gasteiger partial charge >= 0.3 is 0 Å². The summed E-state index contributed by atoms with van der Waals surface area (Å²) in [6, 6.07) is 45.9. The number of rotatable bonds is 7. The van der Waals surface area contributed by atoms with Gasteiger partial charge in [-0.1, -0.05) is 197 Å². The van der Waals surface area contributed by atoms with Gasteiger partial charge in [-0.2, -0.15) is 0 Å². The molecule has 0 radical (unpaired) electrons. The molecule has 426 valence electrons. The maximum Gasteiger partial charge on any atom is 0.119 e. The van der Waals surface area contributed by atoms with Gasteiger partial charge in [-0.3, -0.25) is 0 Å². The third-order valence-corrected chi connectivity index (χ3v) is 19.8. The lowest BCUT2D eigenvalue weighted by atomic mass is 9.77. The van der Waals surface area contributed by atoms with Crippen LogP contribution in [0.25, 0.3) is 0 Å². The normalized spacial score (nSPS) is 20.3. The van der Waals surface area contributed by atoms with Crippen LogP contribution in [0.3, 0.4) is 0 Å². The Morgan fingerprint density at radius 3 is 1.27 bits per heavy atom. The SMILES string of the molecule is CC(C)C1CCCc2ccccc21.CC(C)C1CCc2cc(Cl)ccc21.CC(C)C1CCc2ccccc2C1.CC(C)C1Cc2ccc(Cl)cc2C1.CC(C)C1Cc2ccccc2C1.COc1ccc2c(c1)CCC(C(C)C)C2. The van der Waals surface area contributed by atoms with E-state index in [1.807, 2.05) is 12.1 Å². The fraction of sp³-hybridized carbons (Fsp3) is 0.526. The number of methoxy groups -OCH3 is 1. The molecule has 6 aliphatic rings. The van der Waals surface area contributed by atoms with Gasteiger partial charge in [0.05, 0.1) is 7.11 Å². The zero-order valence-corrected chi connectivity index (χ0v) is 52.8. The molecule has 12 rings (SSSR count). The standard InChI is InChI=1S/C14H20O.2C13H18.2C12H15Cl.C12H16/c1-10(2)11-4-5-13-9-14(15-3)7-6-12(13)8-11;1-10(2)12-9-5-7-11-6-3-4-8-13(11)12;1-10(2)12-8-7-11-5-3-4-6-13(11)9-12;1-8(2)11-5-3-9-7-10(13)4-6-12(9)11;1-8(2)10-5-9-3-4-12(13)7-11(9)6-10;1-9(2)12-7-10-5-3-4-6-11(10)8-12/h6-7,9-11H,4-5,8H2,1-3H3;3-4,6,8,10,12H,5,7,9H2,1-2H3;3-6,10,12H,7-9H2,1-2H3;4,6-8,11H,3,5H2,1-2H3;3-4,7-8,10H,5-6H2,1-2H3;3-6,9,12H,7-8H2,1-2H3. The summed E-state index contributed by atoms with van der Waals surface area (Å²) < 4.78 is 5.25. The van der Waals surface area contributed by atoms with Gasteiger partial charge in [-0.05, 0) is 270 Å². The molecule has 3 heteroatoms. The van der Waals surface area contributed by atoms with Crippen molar-refractivity contribution in [2.45, 2.75) is 191 Å². The summed E-state index contributed by atoms with van der Waals surface area (Å²) >= 11 is 11.9. The molecule has 6 aliphatic carbocycles. The van der Waals surface area contributed by atoms with Gasteiger partial charge in [0.1, 0.15) is 5.75 Å². The highest BCUT2D eigenvalue weighted by Crippen LogP contribution is 2.40. The molecule has 0 saturated heterocycles. The third kappa shape index (κ3) is 17.6. The maximum atomic E-state index is 5.95. The first-order valence-corrected chi connectivity index (χ1v) is 32.1. The number of aryl methyl sites for hydroxylation is 4. The number of ether oxygens (including phenoxy) is 1. The molecule has 0 bridgehead atoms. The largest absolute Gasteiger partial charge is 0.497 e. The summed E-state index contributed by atoms with van der Waals surface area (Å²) in [7, 11) is 1.74. The van der Waals surface area contributed by atoms with Crippen molar-refractivity contribution in [2.75, 3.05) is 7.11 Å². The molecule has 0 spiro atoms. The van der Waals surface area contributed by atoms with Crippen LogP contribution in [-0.4, -0.2) is 7.11 Å². The van der Waals surface area contributed by atoms with E-state index in [4.69, 9.17) is 27.9 Å². The van der Waals surface area contributed by atoms with Gasteiger partial charge in [0, 0.05) is 10.0 Å². The topological polar surface area (TPSA) is 9.23 Å². The summed E-state index contributed by atoms with van der Waals surface area (Å²) in [5.41, 5.74) is 18.5.